The maximum Gasteiger partial charge on any atom is 0.219 e. The number of hydrogen-bond acceptors (Lipinski definition) is 3. The number of carbonyl (C=O) groups is 1. The van der Waals surface area contributed by atoms with Gasteiger partial charge < -0.3 is 5.73 Å². The molecule has 2 nitrogen and oxygen atoms in total. The topological polar surface area (TPSA) is 43.1 Å². The summed E-state index contributed by atoms with van der Waals surface area (Å²) in [5, 5.41) is 0.109. The molecule has 0 unspecified atom stereocenters. The molecule has 1 rings (SSSR count). The van der Waals surface area contributed by atoms with Gasteiger partial charge in [0.05, 0.1) is 0 Å². The molecule has 2 N–H and O–H groups in total. The van der Waals surface area contributed by atoms with Gasteiger partial charge in [0.15, 0.2) is 0 Å². The second-order valence-electron chi connectivity index (χ2n) is 2.34. The van der Waals surface area contributed by atoms with E-state index in [1.54, 1.807) is 24.3 Å². The minimum Gasteiger partial charge on any atom is -0.399 e. The standard InChI is InChI=1S/C9H11NOS/c1-2-12-9(11)7-3-5-8(10)6-4-7/h3-6H,2,10H2,1H3. The van der Waals surface area contributed by atoms with Crippen molar-refractivity contribution >= 4 is 22.6 Å². The number of benzene rings is 1. The highest BCUT2D eigenvalue weighted by Crippen LogP contribution is 2.13. The Balaban J connectivity index is 2.75. The van der Waals surface area contributed by atoms with Crippen LogP contribution in [0.15, 0.2) is 24.3 Å². The molecule has 64 valence electrons. The summed E-state index contributed by atoms with van der Waals surface area (Å²) in [5.41, 5.74) is 6.89. The SMILES string of the molecule is CCSC(=O)c1ccc(N)cc1. The van der Waals surface area contributed by atoms with E-state index in [1.165, 1.54) is 11.8 Å². The van der Waals surface area contributed by atoms with Crippen LogP contribution in [0.3, 0.4) is 0 Å². The summed E-state index contributed by atoms with van der Waals surface area (Å²) < 4.78 is 0. The quantitative estimate of drug-likeness (QED) is 0.711. The van der Waals surface area contributed by atoms with Crippen LogP contribution < -0.4 is 5.73 Å². The van der Waals surface area contributed by atoms with Crippen molar-refractivity contribution < 1.29 is 4.79 Å². The molecule has 0 aliphatic carbocycles. The van der Waals surface area contributed by atoms with Crippen molar-refractivity contribution in [3.8, 4) is 0 Å². The Bertz CT molecular complexity index is 268. The lowest BCUT2D eigenvalue weighted by Crippen LogP contribution is -1.94. The van der Waals surface area contributed by atoms with E-state index in [-0.39, 0.29) is 5.12 Å². The number of thioether (sulfide) groups is 1. The molecule has 1 aromatic carbocycles. The van der Waals surface area contributed by atoms with Crippen LogP contribution in [0.5, 0.6) is 0 Å². The predicted octanol–water partition coefficient (Wildman–Crippen LogP) is 2.16. The summed E-state index contributed by atoms with van der Waals surface area (Å²) >= 11 is 1.31. The van der Waals surface area contributed by atoms with Crippen molar-refractivity contribution in [2.24, 2.45) is 0 Å². The lowest BCUT2D eigenvalue weighted by atomic mass is 10.2. The van der Waals surface area contributed by atoms with Crippen molar-refractivity contribution in [3.05, 3.63) is 29.8 Å². The van der Waals surface area contributed by atoms with E-state index < -0.39 is 0 Å². The van der Waals surface area contributed by atoms with Crippen molar-refractivity contribution in [2.75, 3.05) is 11.5 Å². The average Bonchev–Trinajstić information content (AvgIpc) is 2.06. The maximum atomic E-state index is 11.3. The van der Waals surface area contributed by atoms with E-state index in [1.807, 2.05) is 6.92 Å². The molecule has 0 aliphatic rings. The molecule has 0 heterocycles. The molecular weight excluding hydrogens is 170 g/mol. The van der Waals surface area contributed by atoms with Gasteiger partial charge in [0.2, 0.25) is 5.12 Å². The van der Waals surface area contributed by atoms with Gasteiger partial charge in [-0.05, 0) is 30.0 Å². The normalized spacial score (nSPS) is 9.75. The molecule has 0 atom stereocenters. The molecule has 0 saturated heterocycles. The van der Waals surface area contributed by atoms with Crippen molar-refractivity contribution in [1.29, 1.82) is 0 Å². The van der Waals surface area contributed by atoms with Crippen LogP contribution in [0.25, 0.3) is 0 Å². The van der Waals surface area contributed by atoms with E-state index in [4.69, 9.17) is 5.73 Å². The molecule has 12 heavy (non-hydrogen) atoms. The first kappa shape index (κ1) is 9.13. The smallest absolute Gasteiger partial charge is 0.219 e. The predicted molar refractivity (Wildman–Crippen MR) is 53.3 cm³/mol. The monoisotopic (exact) mass is 181 g/mol. The molecule has 0 saturated carbocycles. The molecule has 0 bridgehead atoms. The van der Waals surface area contributed by atoms with Gasteiger partial charge >= 0.3 is 0 Å². The van der Waals surface area contributed by atoms with Crippen LogP contribution >= 0.6 is 11.8 Å². The van der Waals surface area contributed by atoms with Gasteiger partial charge in [0, 0.05) is 11.3 Å². The van der Waals surface area contributed by atoms with Crippen molar-refractivity contribution in [3.63, 3.8) is 0 Å². The third kappa shape index (κ3) is 2.27. The van der Waals surface area contributed by atoms with E-state index >= 15 is 0 Å². The highest BCUT2D eigenvalue weighted by Gasteiger charge is 2.03. The number of nitrogen functional groups attached to an aromatic ring is 1. The van der Waals surface area contributed by atoms with Gasteiger partial charge in [-0.2, -0.15) is 0 Å². The van der Waals surface area contributed by atoms with Gasteiger partial charge in [-0.3, -0.25) is 4.79 Å². The summed E-state index contributed by atoms with van der Waals surface area (Å²) in [6.45, 7) is 1.96. The van der Waals surface area contributed by atoms with Crippen molar-refractivity contribution in [2.45, 2.75) is 6.92 Å². The zero-order chi connectivity index (χ0) is 8.97. The summed E-state index contributed by atoms with van der Waals surface area (Å²) in [4.78, 5) is 11.3. The molecule has 0 spiro atoms. The number of anilines is 1. The second kappa shape index (κ2) is 4.16. The molecule has 0 amide bonds. The first-order valence-corrected chi connectivity index (χ1v) is 4.75. The zero-order valence-corrected chi connectivity index (χ0v) is 7.73. The van der Waals surface area contributed by atoms with E-state index in [2.05, 4.69) is 0 Å². The highest BCUT2D eigenvalue weighted by atomic mass is 32.2. The van der Waals surface area contributed by atoms with E-state index in [0.717, 1.165) is 11.3 Å². The first-order chi connectivity index (χ1) is 5.74. The average molecular weight is 181 g/mol. The summed E-state index contributed by atoms with van der Waals surface area (Å²) in [6, 6.07) is 6.98. The Hall–Kier alpha value is -0.960. The summed E-state index contributed by atoms with van der Waals surface area (Å²) in [6.07, 6.45) is 0. The lowest BCUT2D eigenvalue weighted by Gasteiger charge is -1.98. The Morgan fingerprint density at radius 3 is 2.50 bits per heavy atom. The van der Waals surface area contributed by atoms with Crippen LogP contribution in [-0.4, -0.2) is 10.9 Å². The van der Waals surface area contributed by atoms with Gasteiger partial charge in [-0.15, -0.1) is 0 Å². The fourth-order valence-electron chi connectivity index (χ4n) is 0.834. The lowest BCUT2D eigenvalue weighted by molar-refractivity contribution is 0.108. The number of hydrogen-bond donors (Lipinski definition) is 1. The fourth-order valence-corrected chi connectivity index (χ4v) is 1.40. The number of rotatable bonds is 2. The molecule has 0 radical (unpaired) electrons. The fraction of sp³-hybridized carbons (Fsp3) is 0.222. The van der Waals surface area contributed by atoms with Crippen molar-refractivity contribution in [1.82, 2.24) is 0 Å². The van der Waals surface area contributed by atoms with Crippen LogP contribution in [0.2, 0.25) is 0 Å². The Morgan fingerprint density at radius 2 is 2.00 bits per heavy atom. The zero-order valence-electron chi connectivity index (χ0n) is 6.91. The molecule has 0 aromatic heterocycles. The van der Waals surface area contributed by atoms with Gasteiger partial charge in [-0.1, -0.05) is 18.7 Å². The third-order valence-corrected chi connectivity index (χ3v) is 2.21. The molecule has 0 aliphatic heterocycles. The van der Waals surface area contributed by atoms with Crippen LogP contribution in [0.1, 0.15) is 17.3 Å². The van der Waals surface area contributed by atoms with Gasteiger partial charge in [-0.25, -0.2) is 0 Å². The summed E-state index contributed by atoms with van der Waals surface area (Å²) in [7, 11) is 0. The summed E-state index contributed by atoms with van der Waals surface area (Å²) in [5.74, 6) is 0.809. The minimum absolute atomic E-state index is 0.109. The van der Waals surface area contributed by atoms with E-state index in [9.17, 15) is 4.79 Å². The molecular formula is C9H11NOS. The molecule has 3 heteroatoms. The Kier molecular flexibility index (Phi) is 3.17. The third-order valence-electron chi connectivity index (χ3n) is 1.42. The second-order valence-corrected chi connectivity index (χ2v) is 3.58. The van der Waals surface area contributed by atoms with Gasteiger partial charge in [0.1, 0.15) is 0 Å². The molecule has 1 aromatic rings. The van der Waals surface area contributed by atoms with Crippen LogP contribution in [-0.2, 0) is 0 Å². The van der Waals surface area contributed by atoms with Crippen LogP contribution in [0, 0.1) is 0 Å². The van der Waals surface area contributed by atoms with E-state index in [0.29, 0.717) is 5.69 Å². The largest absolute Gasteiger partial charge is 0.399 e. The van der Waals surface area contributed by atoms with Crippen LogP contribution in [0.4, 0.5) is 5.69 Å². The Morgan fingerprint density at radius 1 is 1.42 bits per heavy atom. The van der Waals surface area contributed by atoms with Gasteiger partial charge in [0.25, 0.3) is 0 Å². The number of nitrogens with two attached hydrogens (primary N) is 1. The first-order valence-electron chi connectivity index (χ1n) is 3.76. The minimum atomic E-state index is 0.109. The Labute approximate surface area is 76.2 Å². The maximum absolute atomic E-state index is 11.3. The number of carbonyl (C=O) groups excluding carboxylic acids is 1. The molecule has 0 fully saturated rings. The highest BCUT2D eigenvalue weighted by molar-refractivity contribution is 8.14.